The van der Waals surface area contributed by atoms with Crippen LogP contribution < -0.4 is 5.32 Å². The summed E-state index contributed by atoms with van der Waals surface area (Å²) in [6, 6.07) is 11.6. The fourth-order valence-electron chi connectivity index (χ4n) is 1.73. The van der Waals surface area contributed by atoms with Crippen LogP contribution in [0.1, 0.15) is 11.1 Å². The second-order valence-corrected chi connectivity index (χ2v) is 6.54. The maximum Gasteiger partial charge on any atom is 0.234 e. The summed E-state index contributed by atoms with van der Waals surface area (Å²) < 4.78 is 0. The summed E-state index contributed by atoms with van der Waals surface area (Å²) in [5.74, 6) is 0.180. The molecule has 0 spiro atoms. The van der Waals surface area contributed by atoms with E-state index in [1.165, 1.54) is 17.3 Å². The van der Waals surface area contributed by atoms with Gasteiger partial charge in [-0.1, -0.05) is 47.0 Å². The molecule has 0 atom stereocenters. The Labute approximate surface area is 138 Å². The van der Waals surface area contributed by atoms with Crippen molar-refractivity contribution in [2.45, 2.75) is 18.7 Å². The van der Waals surface area contributed by atoms with Crippen LogP contribution in [0.3, 0.4) is 0 Å². The van der Waals surface area contributed by atoms with E-state index in [1.54, 1.807) is 6.07 Å². The molecule has 1 N–H and O–H groups in total. The molecule has 0 aliphatic carbocycles. The summed E-state index contributed by atoms with van der Waals surface area (Å²) in [6.07, 6.45) is 0. The van der Waals surface area contributed by atoms with E-state index in [0.29, 0.717) is 21.5 Å². The molecular formula is C16H15Cl2NOS. The van der Waals surface area contributed by atoms with Crippen molar-refractivity contribution in [3.8, 4) is 0 Å². The van der Waals surface area contributed by atoms with Crippen LogP contribution in [-0.2, 0) is 4.79 Å². The number of hydrogen-bond donors (Lipinski definition) is 1. The van der Waals surface area contributed by atoms with Crippen LogP contribution in [0.4, 0.5) is 5.69 Å². The Hall–Kier alpha value is -1.16. The minimum Gasteiger partial charge on any atom is -0.323 e. The van der Waals surface area contributed by atoms with Crippen LogP contribution in [0.2, 0.25) is 10.0 Å². The van der Waals surface area contributed by atoms with Crippen LogP contribution in [0, 0.1) is 13.8 Å². The van der Waals surface area contributed by atoms with E-state index in [9.17, 15) is 4.79 Å². The van der Waals surface area contributed by atoms with Gasteiger partial charge in [-0.15, -0.1) is 11.8 Å². The third kappa shape index (κ3) is 4.40. The maximum absolute atomic E-state index is 12.0. The summed E-state index contributed by atoms with van der Waals surface area (Å²) >= 11 is 13.7. The van der Waals surface area contributed by atoms with Crippen molar-refractivity contribution in [2.24, 2.45) is 0 Å². The molecule has 2 aromatic carbocycles. The number of nitrogens with one attached hydrogen (secondary N) is 1. The maximum atomic E-state index is 12.0. The fraction of sp³-hybridized carbons (Fsp3) is 0.188. The normalized spacial score (nSPS) is 10.5. The lowest BCUT2D eigenvalue weighted by Gasteiger charge is -2.11. The minimum atomic E-state index is -0.130. The van der Waals surface area contributed by atoms with E-state index < -0.39 is 0 Å². The third-order valence-corrected chi connectivity index (χ3v) is 4.75. The van der Waals surface area contributed by atoms with Gasteiger partial charge in [0.05, 0.1) is 21.5 Å². The van der Waals surface area contributed by atoms with E-state index in [1.807, 2.05) is 44.2 Å². The number of anilines is 1. The number of benzene rings is 2. The zero-order valence-electron chi connectivity index (χ0n) is 11.7. The van der Waals surface area contributed by atoms with Gasteiger partial charge in [-0.05, 0) is 37.6 Å². The second kappa shape index (κ2) is 7.21. The number of amides is 1. The lowest BCUT2D eigenvalue weighted by molar-refractivity contribution is -0.113. The summed E-state index contributed by atoms with van der Waals surface area (Å²) in [7, 11) is 0. The average Bonchev–Trinajstić information content (AvgIpc) is 2.47. The molecule has 0 radical (unpaired) electrons. The van der Waals surface area contributed by atoms with Crippen molar-refractivity contribution >= 4 is 46.6 Å². The molecule has 0 fully saturated rings. The smallest absolute Gasteiger partial charge is 0.234 e. The molecule has 1 amide bonds. The van der Waals surface area contributed by atoms with Crippen molar-refractivity contribution in [3.05, 3.63) is 57.6 Å². The Bertz CT molecular complexity index is 656. The van der Waals surface area contributed by atoms with Crippen LogP contribution in [0.25, 0.3) is 0 Å². The standard InChI is InChI=1S/C16H15Cl2NOS/c1-10-3-6-12(7-4-10)21-9-14(20)19-16-13(17)8-5-11(2)15(16)18/h3-8H,9H2,1-2H3,(H,19,20). The van der Waals surface area contributed by atoms with E-state index in [0.717, 1.165) is 10.5 Å². The molecule has 0 heterocycles. The van der Waals surface area contributed by atoms with Crippen LogP contribution >= 0.6 is 35.0 Å². The Morgan fingerprint density at radius 1 is 1.10 bits per heavy atom. The molecule has 0 aromatic heterocycles. The van der Waals surface area contributed by atoms with Gasteiger partial charge in [0.15, 0.2) is 0 Å². The first kappa shape index (κ1) is 16.2. The van der Waals surface area contributed by atoms with Gasteiger partial charge in [0, 0.05) is 4.90 Å². The molecule has 2 nitrogen and oxygen atoms in total. The van der Waals surface area contributed by atoms with Crippen molar-refractivity contribution in [1.29, 1.82) is 0 Å². The predicted molar refractivity (Wildman–Crippen MR) is 91.7 cm³/mol. The molecule has 2 rings (SSSR count). The fourth-order valence-corrected chi connectivity index (χ4v) is 2.89. The van der Waals surface area contributed by atoms with E-state index in [2.05, 4.69) is 5.32 Å². The van der Waals surface area contributed by atoms with Crippen LogP contribution in [0.5, 0.6) is 0 Å². The highest BCUT2D eigenvalue weighted by atomic mass is 35.5. The van der Waals surface area contributed by atoms with Gasteiger partial charge in [-0.2, -0.15) is 0 Å². The summed E-state index contributed by atoms with van der Waals surface area (Å²) in [5, 5.41) is 3.70. The van der Waals surface area contributed by atoms with E-state index in [-0.39, 0.29) is 5.91 Å². The monoisotopic (exact) mass is 339 g/mol. The van der Waals surface area contributed by atoms with Gasteiger partial charge >= 0.3 is 0 Å². The lowest BCUT2D eigenvalue weighted by atomic mass is 10.2. The number of rotatable bonds is 4. The largest absolute Gasteiger partial charge is 0.323 e. The molecule has 110 valence electrons. The van der Waals surface area contributed by atoms with E-state index in [4.69, 9.17) is 23.2 Å². The molecule has 0 saturated heterocycles. The van der Waals surface area contributed by atoms with Crippen molar-refractivity contribution < 1.29 is 4.79 Å². The predicted octanol–water partition coefficient (Wildman–Crippen LogP) is 5.34. The van der Waals surface area contributed by atoms with Gasteiger partial charge in [0.1, 0.15) is 0 Å². The first-order valence-corrected chi connectivity index (χ1v) is 8.15. The highest BCUT2D eigenvalue weighted by Crippen LogP contribution is 2.33. The first-order valence-electron chi connectivity index (χ1n) is 6.41. The Kier molecular flexibility index (Phi) is 5.57. The Morgan fingerprint density at radius 2 is 1.76 bits per heavy atom. The highest BCUT2D eigenvalue weighted by molar-refractivity contribution is 8.00. The SMILES string of the molecule is Cc1ccc(SCC(=O)Nc2c(Cl)ccc(C)c2Cl)cc1. The number of carbonyl (C=O) groups is 1. The van der Waals surface area contributed by atoms with Gasteiger partial charge in [-0.3, -0.25) is 4.79 Å². The zero-order valence-corrected chi connectivity index (χ0v) is 14.1. The average molecular weight is 340 g/mol. The molecule has 0 unspecified atom stereocenters. The van der Waals surface area contributed by atoms with Gasteiger partial charge in [0.2, 0.25) is 5.91 Å². The van der Waals surface area contributed by atoms with Crippen LogP contribution in [0.15, 0.2) is 41.3 Å². The summed E-state index contributed by atoms with van der Waals surface area (Å²) in [6.45, 7) is 3.90. The van der Waals surface area contributed by atoms with Gasteiger partial charge < -0.3 is 5.32 Å². The summed E-state index contributed by atoms with van der Waals surface area (Å²) in [5.41, 5.74) is 2.55. The molecule has 5 heteroatoms. The molecule has 21 heavy (non-hydrogen) atoms. The van der Waals surface area contributed by atoms with Gasteiger partial charge in [0.25, 0.3) is 0 Å². The number of thioether (sulfide) groups is 1. The molecule has 0 bridgehead atoms. The number of halogens is 2. The van der Waals surface area contributed by atoms with E-state index >= 15 is 0 Å². The molecule has 0 aliphatic heterocycles. The number of aryl methyl sites for hydroxylation is 2. The molecule has 0 aliphatic rings. The zero-order chi connectivity index (χ0) is 15.4. The quantitative estimate of drug-likeness (QED) is 0.761. The molecule has 0 saturated carbocycles. The molecule has 2 aromatic rings. The van der Waals surface area contributed by atoms with Gasteiger partial charge in [-0.25, -0.2) is 0 Å². The van der Waals surface area contributed by atoms with Crippen molar-refractivity contribution in [1.82, 2.24) is 0 Å². The summed E-state index contributed by atoms with van der Waals surface area (Å²) in [4.78, 5) is 13.1. The molecular weight excluding hydrogens is 325 g/mol. The topological polar surface area (TPSA) is 29.1 Å². The number of hydrogen-bond acceptors (Lipinski definition) is 2. The second-order valence-electron chi connectivity index (χ2n) is 4.70. The Morgan fingerprint density at radius 3 is 2.43 bits per heavy atom. The van der Waals surface area contributed by atoms with Crippen molar-refractivity contribution in [3.63, 3.8) is 0 Å². The van der Waals surface area contributed by atoms with Crippen LogP contribution in [-0.4, -0.2) is 11.7 Å². The third-order valence-electron chi connectivity index (χ3n) is 2.94. The van der Waals surface area contributed by atoms with Crippen molar-refractivity contribution in [2.75, 3.05) is 11.1 Å². The lowest BCUT2D eigenvalue weighted by Crippen LogP contribution is -2.14. The highest BCUT2D eigenvalue weighted by Gasteiger charge is 2.12. The minimum absolute atomic E-state index is 0.130. The Balaban J connectivity index is 1.99. The number of carbonyl (C=O) groups excluding carboxylic acids is 1. The first-order chi connectivity index (χ1) is 9.97.